The lowest BCUT2D eigenvalue weighted by Gasteiger charge is -2.17. The van der Waals surface area contributed by atoms with E-state index in [2.05, 4.69) is 35.6 Å². The van der Waals surface area contributed by atoms with Gasteiger partial charge in [0, 0.05) is 25.0 Å². The number of imidazole rings is 1. The molecule has 0 saturated carbocycles. The van der Waals surface area contributed by atoms with Crippen molar-refractivity contribution in [3.8, 4) is 17.1 Å². The number of aromatic nitrogens is 6. The summed E-state index contributed by atoms with van der Waals surface area (Å²) in [4.78, 5) is 34.4. The van der Waals surface area contributed by atoms with Gasteiger partial charge in [0.15, 0.2) is 35.1 Å². The molecule has 4 aromatic heterocycles. The van der Waals surface area contributed by atoms with Crippen LogP contribution in [-0.4, -0.2) is 78.1 Å². The average Bonchev–Trinajstić information content (AvgIpc) is 3.48. The van der Waals surface area contributed by atoms with E-state index in [0.29, 0.717) is 40.7 Å². The van der Waals surface area contributed by atoms with Crippen molar-refractivity contribution in [1.82, 2.24) is 34.8 Å². The zero-order chi connectivity index (χ0) is 25.2. The van der Waals surface area contributed by atoms with Crippen LogP contribution in [0.2, 0.25) is 0 Å². The van der Waals surface area contributed by atoms with Crippen LogP contribution in [-0.2, 0) is 16.1 Å². The van der Waals surface area contributed by atoms with Crippen molar-refractivity contribution in [2.75, 3.05) is 19.5 Å². The molecule has 0 radical (unpaired) electrons. The molecule has 0 aromatic carbocycles. The highest BCUT2D eigenvalue weighted by molar-refractivity contribution is 5.85. The molecule has 1 aliphatic rings. The quantitative estimate of drug-likeness (QED) is 0.279. The minimum absolute atomic E-state index is 0.315. The van der Waals surface area contributed by atoms with Crippen molar-refractivity contribution in [2.24, 2.45) is 0 Å². The molecule has 1 aliphatic heterocycles. The summed E-state index contributed by atoms with van der Waals surface area (Å²) < 4.78 is 12.5. The zero-order valence-electron chi connectivity index (χ0n) is 19.4. The number of anilines is 1. The Kier molecular flexibility index (Phi) is 6.41. The second-order valence-corrected chi connectivity index (χ2v) is 8.05. The minimum Gasteiger partial charge on any atom is -0.495 e. The number of methoxy groups -OCH3 is 1. The van der Waals surface area contributed by atoms with Gasteiger partial charge >= 0.3 is 0 Å². The van der Waals surface area contributed by atoms with Crippen molar-refractivity contribution in [3.63, 3.8) is 0 Å². The maximum absolute atomic E-state index is 12.1. The van der Waals surface area contributed by atoms with Gasteiger partial charge in [-0.2, -0.15) is 0 Å². The van der Waals surface area contributed by atoms with Crippen LogP contribution in [0.3, 0.4) is 0 Å². The Bertz CT molecular complexity index is 1380. The van der Waals surface area contributed by atoms with Gasteiger partial charge in [-0.1, -0.05) is 6.07 Å². The number of nitrogens with one attached hydrogen (secondary N) is 2. The Hall–Kier alpha value is -4.20. The fourth-order valence-electron chi connectivity index (χ4n) is 3.93. The highest BCUT2D eigenvalue weighted by Gasteiger charge is 2.47. The van der Waals surface area contributed by atoms with Gasteiger partial charge in [0.1, 0.15) is 18.0 Å². The smallest absolute Gasteiger partial charge is 0.251 e. The number of amides is 1. The first kappa shape index (κ1) is 23.5. The predicted octanol–water partition coefficient (Wildman–Crippen LogP) is 0.269. The largest absolute Gasteiger partial charge is 0.495 e. The van der Waals surface area contributed by atoms with E-state index in [9.17, 15) is 15.0 Å². The van der Waals surface area contributed by atoms with Crippen molar-refractivity contribution in [1.29, 1.82) is 0 Å². The van der Waals surface area contributed by atoms with Crippen molar-refractivity contribution in [3.05, 3.63) is 54.9 Å². The van der Waals surface area contributed by atoms with E-state index < -0.39 is 30.4 Å². The fraction of sp³-hybridized carbons (Fsp3) is 0.304. The summed E-state index contributed by atoms with van der Waals surface area (Å²) in [6, 6.07) is 7.33. The van der Waals surface area contributed by atoms with Crippen LogP contribution < -0.4 is 15.4 Å². The average molecular weight is 492 g/mol. The summed E-state index contributed by atoms with van der Waals surface area (Å²) in [5.74, 6) is 0.705. The van der Waals surface area contributed by atoms with E-state index in [0.717, 1.165) is 5.69 Å². The van der Waals surface area contributed by atoms with Crippen LogP contribution in [0, 0.1) is 0 Å². The second kappa shape index (κ2) is 9.81. The highest BCUT2D eigenvalue weighted by atomic mass is 16.6. The minimum atomic E-state index is -1.43. The lowest BCUT2D eigenvalue weighted by molar-refractivity contribution is -0.137. The fourth-order valence-corrected chi connectivity index (χ4v) is 3.93. The van der Waals surface area contributed by atoms with Crippen LogP contribution >= 0.6 is 0 Å². The number of ether oxygens (including phenoxy) is 2. The molecule has 1 saturated heterocycles. The Morgan fingerprint density at radius 2 is 2.06 bits per heavy atom. The summed E-state index contributed by atoms with van der Waals surface area (Å²) in [6.45, 7) is 0.371. The monoisotopic (exact) mass is 492 g/mol. The number of rotatable bonds is 7. The molecule has 1 amide bonds. The SMILES string of the molecule is CNC(=O)[C@H]1O[C@@H](n2cnc3c(NCc4ccccn4)nc(-c4cncc(OC)c4)nc32)[C@H](O)C1O. The lowest BCUT2D eigenvalue weighted by Crippen LogP contribution is -2.41. The van der Waals surface area contributed by atoms with Gasteiger partial charge in [-0.25, -0.2) is 15.0 Å². The second-order valence-electron chi connectivity index (χ2n) is 8.05. The summed E-state index contributed by atoms with van der Waals surface area (Å²) in [5.41, 5.74) is 2.10. The normalized spacial score (nSPS) is 21.4. The Labute approximate surface area is 205 Å². The third kappa shape index (κ3) is 4.30. The van der Waals surface area contributed by atoms with E-state index in [1.807, 2.05) is 18.2 Å². The van der Waals surface area contributed by atoms with Crippen LogP contribution in [0.4, 0.5) is 5.82 Å². The van der Waals surface area contributed by atoms with Crippen LogP contribution in [0.1, 0.15) is 11.9 Å². The number of hydrogen-bond acceptors (Lipinski definition) is 11. The number of hydrogen-bond donors (Lipinski definition) is 4. The molecule has 13 heteroatoms. The van der Waals surface area contributed by atoms with Gasteiger partial charge in [-0.3, -0.25) is 19.3 Å². The van der Waals surface area contributed by atoms with Gasteiger partial charge in [-0.05, 0) is 18.2 Å². The molecule has 5 rings (SSSR count). The van der Waals surface area contributed by atoms with Gasteiger partial charge in [0.2, 0.25) is 0 Å². The molecule has 0 bridgehead atoms. The van der Waals surface area contributed by atoms with Crippen LogP contribution in [0.5, 0.6) is 5.75 Å². The first-order valence-corrected chi connectivity index (χ1v) is 11.1. The number of carbonyl (C=O) groups is 1. The van der Waals surface area contributed by atoms with E-state index in [-0.39, 0.29) is 0 Å². The molecule has 4 N–H and O–H groups in total. The molecular formula is C23H24N8O5. The molecule has 0 spiro atoms. The molecule has 1 fully saturated rings. The first-order valence-electron chi connectivity index (χ1n) is 11.1. The van der Waals surface area contributed by atoms with Gasteiger partial charge in [0.25, 0.3) is 5.91 Å². The van der Waals surface area contributed by atoms with Gasteiger partial charge in [-0.15, -0.1) is 0 Å². The Morgan fingerprint density at radius 3 is 2.81 bits per heavy atom. The van der Waals surface area contributed by atoms with Crippen LogP contribution in [0.25, 0.3) is 22.6 Å². The van der Waals surface area contributed by atoms with Crippen LogP contribution in [0.15, 0.2) is 49.2 Å². The number of pyridine rings is 2. The molecule has 4 aromatic rings. The maximum Gasteiger partial charge on any atom is 0.251 e. The maximum atomic E-state index is 12.1. The third-order valence-corrected chi connectivity index (χ3v) is 5.81. The van der Waals surface area contributed by atoms with Gasteiger partial charge < -0.3 is 30.3 Å². The summed E-state index contributed by atoms with van der Waals surface area (Å²) in [5, 5.41) is 26.8. The zero-order valence-corrected chi connectivity index (χ0v) is 19.4. The topological polar surface area (TPSA) is 169 Å². The summed E-state index contributed by atoms with van der Waals surface area (Å²) >= 11 is 0. The molecule has 13 nitrogen and oxygen atoms in total. The number of fused-ring (bicyclic) bond motifs is 1. The molecule has 4 atom stereocenters. The molecule has 1 unspecified atom stereocenters. The van der Waals surface area contributed by atoms with Crippen molar-refractivity contribution < 1.29 is 24.5 Å². The number of nitrogens with zero attached hydrogens (tertiary/aromatic N) is 6. The molecule has 5 heterocycles. The predicted molar refractivity (Wildman–Crippen MR) is 127 cm³/mol. The summed E-state index contributed by atoms with van der Waals surface area (Å²) in [7, 11) is 2.96. The Balaban J connectivity index is 1.59. The van der Waals surface area contributed by atoms with E-state index in [1.54, 1.807) is 24.7 Å². The number of likely N-dealkylation sites (N-methyl/N-ethyl adjacent to an activating group) is 1. The van der Waals surface area contributed by atoms with E-state index in [4.69, 9.17) is 9.47 Å². The number of carbonyl (C=O) groups excluding carboxylic acids is 1. The number of aliphatic hydroxyl groups is 2. The van der Waals surface area contributed by atoms with Crippen molar-refractivity contribution >= 4 is 22.9 Å². The molecule has 0 aliphatic carbocycles. The third-order valence-electron chi connectivity index (χ3n) is 5.81. The van der Waals surface area contributed by atoms with Crippen molar-refractivity contribution in [2.45, 2.75) is 31.1 Å². The van der Waals surface area contributed by atoms with E-state index in [1.165, 1.54) is 25.1 Å². The number of aliphatic hydroxyl groups excluding tert-OH is 2. The van der Waals surface area contributed by atoms with E-state index >= 15 is 0 Å². The first-order chi connectivity index (χ1) is 17.5. The molecular weight excluding hydrogens is 468 g/mol. The lowest BCUT2D eigenvalue weighted by atomic mass is 10.1. The van der Waals surface area contributed by atoms with Gasteiger partial charge in [0.05, 0.1) is 31.9 Å². The summed E-state index contributed by atoms with van der Waals surface area (Å²) in [6.07, 6.45) is 1.09. The molecule has 36 heavy (non-hydrogen) atoms. The molecule has 186 valence electrons. The standard InChI is InChI=1S/C23H24N8O5/c1-24-22(34)18-16(32)17(33)23(36-18)31-11-28-15-20(27-9-13-5-3-4-6-26-13)29-19(30-21(15)31)12-7-14(35-2)10-25-8-12/h3-8,10-11,16-18,23,32-33H,9H2,1-2H3,(H,24,34)(H,27,29,30)/t16?,17-,18+,23-/m1/s1. The Morgan fingerprint density at radius 1 is 1.19 bits per heavy atom. The highest BCUT2D eigenvalue weighted by Crippen LogP contribution is 2.34.